The molecule has 0 saturated carbocycles. The highest BCUT2D eigenvalue weighted by atomic mass is 35.5. The van der Waals surface area contributed by atoms with E-state index in [2.05, 4.69) is 4.98 Å². The van der Waals surface area contributed by atoms with Crippen LogP contribution in [0.5, 0.6) is 0 Å². The number of carbonyl (C=O) groups is 1. The van der Waals surface area contributed by atoms with Crippen molar-refractivity contribution in [2.75, 3.05) is 31.1 Å². The molecule has 1 atom stereocenters. The lowest BCUT2D eigenvalue weighted by atomic mass is 10.2. The summed E-state index contributed by atoms with van der Waals surface area (Å²) in [6.07, 6.45) is 0.145. The maximum absolute atomic E-state index is 11.7. The smallest absolute Gasteiger partial charge is 0.289 e. The zero-order valence-electron chi connectivity index (χ0n) is 11.4. The molecule has 2 heterocycles. The van der Waals surface area contributed by atoms with Gasteiger partial charge in [0.05, 0.1) is 9.95 Å². The van der Waals surface area contributed by atoms with Crippen molar-refractivity contribution in [2.45, 2.75) is 13.0 Å². The molecule has 1 unspecified atom stereocenters. The number of aliphatic hydroxyl groups excluding tert-OH is 1. The number of hydrogen-bond donors (Lipinski definition) is 1. The third kappa shape index (κ3) is 3.40. The Kier molecular flexibility index (Phi) is 4.59. The van der Waals surface area contributed by atoms with Crippen LogP contribution in [0.1, 0.15) is 6.92 Å². The van der Waals surface area contributed by atoms with Crippen LogP contribution in [0.4, 0.5) is 11.5 Å². The Labute approximate surface area is 126 Å². The van der Waals surface area contributed by atoms with Crippen LogP contribution in [0.2, 0.25) is 5.02 Å². The third-order valence-corrected chi connectivity index (χ3v) is 3.54. The predicted molar refractivity (Wildman–Crippen MR) is 76.4 cm³/mol. The Morgan fingerprint density at radius 3 is 2.57 bits per heavy atom. The summed E-state index contributed by atoms with van der Waals surface area (Å²) in [7, 11) is 0. The highest BCUT2D eigenvalue weighted by Crippen LogP contribution is 2.27. The molecule has 0 radical (unpaired) electrons. The standard InChI is InChI=1S/C12H15ClN4O4/c1-8(18)12(19)16-4-2-15(3-5-16)11-10(13)6-9(7-14-11)17(20)21/h6-8,18H,2-5H2,1H3. The molecule has 1 aliphatic rings. The minimum atomic E-state index is -1.02. The normalized spacial score (nSPS) is 16.7. The lowest BCUT2D eigenvalue weighted by Crippen LogP contribution is -2.51. The van der Waals surface area contributed by atoms with Crippen molar-refractivity contribution >= 4 is 29.0 Å². The van der Waals surface area contributed by atoms with Gasteiger partial charge in [-0.25, -0.2) is 4.98 Å². The second-order valence-electron chi connectivity index (χ2n) is 4.74. The van der Waals surface area contributed by atoms with E-state index in [1.165, 1.54) is 13.0 Å². The summed E-state index contributed by atoms with van der Waals surface area (Å²) in [6, 6.07) is 1.26. The van der Waals surface area contributed by atoms with E-state index in [0.29, 0.717) is 32.0 Å². The van der Waals surface area contributed by atoms with Gasteiger partial charge in [-0.05, 0) is 6.92 Å². The number of rotatable bonds is 3. The fraction of sp³-hybridized carbons (Fsp3) is 0.500. The molecule has 1 aromatic heterocycles. The average molecular weight is 315 g/mol. The molecule has 0 bridgehead atoms. The number of halogens is 1. The fourth-order valence-corrected chi connectivity index (χ4v) is 2.44. The van der Waals surface area contributed by atoms with Crippen LogP contribution in [-0.4, -0.2) is 58.1 Å². The first kappa shape index (κ1) is 15.5. The molecule has 0 spiro atoms. The van der Waals surface area contributed by atoms with Gasteiger partial charge >= 0.3 is 0 Å². The van der Waals surface area contributed by atoms with Gasteiger partial charge in [-0.3, -0.25) is 14.9 Å². The van der Waals surface area contributed by atoms with Crippen molar-refractivity contribution in [3.05, 3.63) is 27.4 Å². The summed E-state index contributed by atoms with van der Waals surface area (Å²) in [4.78, 5) is 29.2. The third-order valence-electron chi connectivity index (χ3n) is 3.27. The molecule has 1 fully saturated rings. The van der Waals surface area contributed by atoms with Gasteiger partial charge in [0.2, 0.25) is 0 Å². The molecule has 1 amide bonds. The largest absolute Gasteiger partial charge is 0.384 e. The zero-order chi connectivity index (χ0) is 15.6. The van der Waals surface area contributed by atoms with Crippen molar-refractivity contribution in [3.63, 3.8) is 0 Å². The van der Waals surface area contributed by atoms with Crippen LogP contribution in [0.3, 0.4) is 0 Å². The van der Waals surface area contributed by atoms with E-state index < -0.39 is 11.0 Å². The molecule has 1 aromatic rings. The molecule has 0 aromatic carbocycles. The molecule has 1 N–H and O–H groups in total. The van der Waals surface area contributed by atoms with Crippen molar-refractivity contribution < 1.29 is 14.8 Å². The quantitative estimate of drug-likeness (QED) is 0.650. The van der Waals surface area contributed by atoms with Crippen molar-refractivity contribution in [2.24, 2.45) is 0 Å². The highest BCUT2D eigenvalue weighted by Gasteiger charge is 2.25. The van der Waals surface area contributed by atoms with Crippen LogP contribution >= 0.6 is 11.6 Å². The number of hydrogen-bond acceptors (Lipinski definition) is 6. The van der Waals surface area contributed by atoms with Gasteiger partial charge < -0.3 is 14.9 Å². The number of amides is 1. The molecule has 1 saturated heterocycles. The highest BCUT2D eigenvalue weighted by molar-refractivity contribution is 6.33. The number of nitrogens with zero attached hydrogens (tertiary/aromatic N) is 4. The summed E-state index contributed by atoms with van der Waals surface area (Å²) in [5.41, 5.74) is -0.160. The molecular formula is C12H15ClN4O4. The number of aromatic nitrogens is 1. The minimum Gasteiger partial charge on any atom is -0.384 e. The van der Waals surface area contributed by atoms with E-state index in [0.717, 1.165) is 6.20 Å². The van der Waals surface area contributed by atoms with Gasteiger partial charge in [0.15, 0.2) is 0 Å². The van der Waals surface area contributed by atoms with Crippen LogP contribution in [0.15, 0.2) is 12.3 Å². The molecule has 114 valence electrons. The van der Waals surface area contributed by atoms with Gasteiger partial charge in [-0.2, -0.15) is 0 Å². The van der Waals surface area contributed by atoms with Crippen LogP contribution in [0, 0.1) is 10.1 Å². The Morgan fingerprint density at radius 1 is 1.48 bits per heavy atom. The number of nitro groups is 1. The van der Waals surface area contributed by atoms with Crippen LogP contribution < -0.4 is 4.90 Å². The Balaban J connectivity index is 2.06. The summed E-state index contributed by atoms with van der Waals surface area (Å²) in [6.45, 7) is 3.33. The second-order valence-corrected chi connectivity index (χ2v) is 5.15. The molecule has 21 heavy (non-hydrogen) atoms. The Hall–Kier alpha value is -1.93. The van der Waals surface area contributed by atoms with E-state index in [4.69, 9.17) is 11.6 Å². The van der Waals surface area contributed by atoms with Gasteiger partial charge in [0, 0.05) is 32.2 Å². The molecule has 1 aliphatic heterocycles. The molecule has 0 aliphatic carbocycles. The first-order valence-electron chi connectivity index (χ1n) is 6.42. The number of pyridine rings is 1. The van der Waals surface area contributed by atoms with E-state index in [9.17, 15) is 20.0 Å². The lowest BCUT2D eigenvalue weighted by molar-refractivity contribution is -0.385. The van der Waals surface area contributed by atoms with Gasteiger partial charge in [0.25, 0.3) is 11.6 Å². The topological polar surface area (TPSA) is 99.8 Å². The summed E-state index contributed by atoms with van der Waals surface area (Å²) >= 11 is 6.03. The summed E-state index contributed by atoms with van der Waals surface area (Å²) < 4.78 is 0. The molecular weight excluding hydrogens is 300 g/mol. The maximum atomic E-state index is 11.7. The lowest BCUT2D eigenvalue weighted by Gasteiger charge is -2.36. The fourth-order valence-electron chi connectivity index (χ4n) is 2.16. The van der Waals surface area contributed by atoms with Gasteiger partial charge in [0.1, 0.15) is 18.1 Å². The first-order valence-corrected chi connectivity index (χ1v) is 6.79. The molecule has 2 rings (SSSR count). The van der Waals surface area contributed by atoms with E-state index >= 15 is 0 Å². The van der Waals surface area contributed by atoms with E-state index in [1.54, 1.807) is 4.90 Å². The summed E-state index contributed by atoms with van der Waals surface area (Å²) in [5.74, 6) is 0.156. The SMILES string of the molecule is CC(O)C(=O)N1CCN(c2ncc([N+](=O)[O-])cc2Cl)CC1. The van der Waals surface area contributed by atoms with E-state index in [1.807, 2.05) is 4.90 Å². The van der Waals surface area contributed by atoms with Crippen LogP contribution in [0.25, 0.3) is 0 Å². The molecule has 8 nitrogen and oxygen atoms in total. The summed E-state index contributed by atoms with van der Waals surface area (Å²) in [5, 5.41) is 20.1. The maximum Gasteiger partial charge on any atom is 0.289 e. The monoisotopic (exact) mass is 314 g/mol. The van der Waals surface area contributed by atoms with Crippen molar-refractivity contribution in [1.29, 1.82) is 0 Å². The van der Waals surface area contributed by atoms with E-state index in [-0.39, 0.29) is 16.6 Å². The average Bonchev–Trinajstić information content (AvgIpc) is 2.46. The predicted octanol–water partition coefficient (Wildman–Crippen LogP) is 0.673. The Bertz CT molecular complexity index is 558. The second kappa shape index (κ2) is 6.23. The number of aliphatic hydroxyl groups is 1. The molecule has 9 heteroatoms. The number of carbonyl (C=O) groups excluding carboxylic acids is 1. The van der Waals surface area contributed by atoms with Gasteiger partial charge in [-0.1, -0.05) is 11.6 Å². The first-order chi connectivity index (χ1) is 9.90. The van der Waals surface area contributed by atoms with Crippen LogP contribution in [-0.2, 0) is 4.79 Å². The van der Waals surface area contributed by atoms with Crippen molar-refractivity contribution in [1.82, 2.24) is 9.88 Å². The van der Waals surface area contributed by atoms with Crippen molar-refractivity contribution in [3.8, 4) is 0 Å². The number of anilines is 1. The van der Waals surface area contributed by atoms with Gasteiger partial charge in [-0.15, -0.1) is 0 Å². The zero-order valence-corrected chi connectivity index (χ0v) is 12.2. The number of piperazine rings is 1. The minimum absolute atomic E-state index is 0.160. The Morgan fingerprint density at radius 2 is 2.10 bits per heavy atom.